The van der Waals surface area contributed by atoms with Crippen LogP contribution in [0, 0.1) is 25.0 Å². The van der Waals surface area contributed by atoms with E-state index >= 15 is 0 Å². The fourth-order valence-corrected chi connectivity index (χ4v) is 2.21. The number of aromatic amines is 1. The molecule has 2 rings (SSSR count). The van der Waals surface area contributed by atoms with Crippen LogP contribution >= 0.6 is 22.6 Å². The molecule has 0 unspecified atom stereocenters. The van der Waals surface area contributed by atoms with Crippen LogP contribution < -0.4 is 10.1 Å². The number of rotatable bonds is 5. The van der Waals surface area contributed by atoms with Gasteiger partial charge in [0.15, 0.2) is 11.4 Å². The summed E-state index contributed by atoms with van der Waals surface area (Å²) >= 11 is 1.61. The lowest BCUT2D eigenvalue weighted by Crippen LogP contribution is -2.18. The minimum atomic E-state index is -5.07. The van der Waals surface area contributed by atoms with E-state index < -0.39 is 28.4 Å². The number of halogens is 4. The molecule has 0 amide bonds. The number of aromatic nitrogens is 4. The molecule has 1 aromatic heterocycles. The Morgan fingerprint density at radius 3 is 2.76 bits per heavy atom. The molecule has 10 nitrogen and oxygen atoms in total. The molecule has 1 aromatic carbocycles. The average Bonchev–Trinajstić information content (AvgIpc) is 3.01. The molecule has 0 aliphatic heterocycles. The van der Waals surface area contributed by atoms with Gasteiger partial charge in [-0.15, -0.1) is 23.4 Å². The molecule has 0 fully saturated rings. The number of hydrogen-bond acceptors (Lipinski definition) is 8. The third-order valence-corrected chi connectivity index (χ3v) is 3.16. The third-order valence-electron chi connectivity index (χ3n) is 2.54. The second kappa shape index (κ2) is 7.29. The lowest BCUT2D eigenvalue weighted by atomic mass is 10.2. The van der Waals surface area contributed by atoms with Gasteiger partial charge < -0.3 is 10.1 Å². The second-order valence-corrected chi connectivity index (χ2v) is 5.40. The SMILES string of the molecule is N#CC(=CNc1c(OC(F)(F)F)cc(I)cc1[N+](=O)[O-])c1nn[nH]n1. The number of nitrogens with zero attached hydrogens (tertiary/aromatic N) is 5. The lowest BCUT2D eigenvalue weighted by Gasteiger charge is -2.14. The van der Waals surface area contributed by atoms with E-state index in [1.807, 2.05) is 0 Å². The largest absolute Gasteiger partial charge is 0.573 e. The topological polar surface area (TPSA) is 143 Å². The van der Waals surface area contributed by atoms with Gasteiger partial charge in [0.1, 0.15) is 11.6 Å². The Morgan fingerprint density at radius 1 is 1.52 bits per heavy atom. The number of ether oxygens (including phenoxy) is 1. The first-order chi connectivity index (χ1) is 11.7. The highest BCUT2D eigenvalue weighted by Gasteiger charge is 2.34. The van der Waals surface area contributed by atoms with Crippen LogP contribution in [-0.4, -0.2) is 31.9 Å². The molecule has 0 radical (unpaired) electrons. The molecule has 130 valence electrons. The Balaban J connectivity index is 2.50. The molecule has 0 atom stereocenters. The summed E-state index contributed by atoms with van der Waals surface area (Å²) in [4.78, 5) is 10.2. The number of nitro benzene ring substituents is 1. The van der Waals surface area contributed by atoms with Gasteiger partial charge in [0.2, 0.25) is 5.82 Å². The summed E-state index contributed by atoms with van der Waals surface area (Å²) in [5.74, 6) is -0.978. The van der Waals surface area contributed by atoms with Crippen molar-refractivity contribution >= 4 is 39.5 Å². The summed E-state index contributed by atoms with van der Waals surface area (Å²) in [5.41, 5.74) is -1.48. The van der Waals surface area contributed by atoms with Crippen molar-refractivity contribution in [2.75, 3.05) is 5.32 Å². The van der Waals surface area contributed by atoms with Crippen LogP contribution in [0.3, 0.4) is 0 Å². The van der Waals surface area contributed by atoms with Crippen LogP contribution in [0.2, 0.25) is 0 Å². The number of anilines is 1. The van der Waals surface area contributed by atoms with Gasteiger partial charge in [-0.3, -0.25) is 10.1 Å². The molecule has 25 heavy (non-hydrogen) atoms. The molecule has 0 aliphatic carbocycles. The monoisotopic (exact) mass is 467 g/mol. The highest BCUT2D eigenvalue weighted by molar-refractivity contribution is 14.1. The van der Waals surface area contributed by atoms with Crippen molar-refractivity contribution in [1.82, 2.24) is 20.6 Å². The van der Waals surface area contributed by atoms with Gasteiger partial charge in [-0.05, 0) is 33.9 Å². The van der Waals surface area contributed by atoms with Crippen molar-refractivity contribution in [1.29, 1.82) is 5.26 Å². The van der Waals surface area contributed by atoms with E-state index in [9.17, 15) is 23.3 Å². The third kappa shape index (κ3) is 4.76. The van der Waals surface area contributed by atoms with Gasteiger partial charge in [-0.2, -0.15) is 10.5 Å². The maximum absolute atomic E-state index is 12.6. The number of alkyl halides is 3. The molecule has 1 heterocycles. The van der Waals surface area contributed by atoms with Gasteiger partial charge in [0, 0.05) is 15.8 Å². The number of hydrogen-bond donors (Lipinski definition) is 2. The van der Waals surface area contributed by atoms with Crippen LogP contribution in [0.1, 0.15) is 5.82 Å². The van der Waals surface area contributed by atoms with E-state index in [2.05, 4.69) is 30.7 Å². The first-order valence-corrected chi connectivity index (χ1v) is 7.13. The Bertz CT molecular complexity index is 861. The molecule has 14 heteroatoms. The zero-order valence-electron chi connectivity index (χ0n) is 11.7. The summed E-state index contributed by atoms with van der Waals surface area (Å²) < 4.78 is 41.6. The minimum absolute atomic E-state index is 0.150. The zero-order chi connectivity index (χ0) is 18.6. The van der Waals surface area contributed by atoms with E-state index in [4.69, 9.17) is 5.26 Å². The molecule has 0 bridgehead atoms. The van der Waals surface area contributed by atoms with Crippen molar-refractivity contribution in [3.63, 3.8) is 0 Å². The Hall–Kier alpha value is -2.96. The quantitative estimate of drug-likeness (QED) is 0.296. The Morgan fingerprint density at radius 2 is 2.24 bits per heavy atom. The number of nitro groups is 1. The minimum Gasteiger partial charge on any atom is -0.403 e. The summed E-state index contributed by atoms with van der Waals surface area (Å²) in [6.07, 6.45) is -4.16. The van der Waals surface area contributed by atoms with Crippen molar-refractivity contribution in [2.24, 2.45) is 0 Å². The van der Waals surface area contributed by atoms with Gasteiger partial charge in [-0.25, -0.2) is 0 Å². The van der Waals surface area contributed by atoms with Crippen LogP contribution in [0.4, 0.5) is 24.5 Å². The fourth-order valence-electron chi connectivity index (χ4n) is 1.63. The van der Waals surface area contributed by atoms with E-state index in [0.717, 1.165) is 18.3 Å². The highest BCUT2D eigenvalue weighted by atomic mass is 127. The van der Waals surface area contributed by atoms with Gasteiger partial charge in [-0.1, -0.05) is 0 Å². The molecule has 0 saturated heterocycles. The summed E-state index contributed by atoms with van der Waals surface area (Å²) in [6.45, 7) is 0. The van der Waals surface area contributed by atoms with Crippen molar-refractivity contribution in [3.05, 3.63) is 37.8 Å². The summed E-state index contributed by atoms with van der Waals surface area (Å²) in [5, 5.41) is 34.8. The second-order valence-electron chi connectivity index (χ2n) is 4.15. The smallest absolute Gasteiger partial charge is 0.403 e. The number of H-pyrrole nitrogens is 1. The van der Waals surface area contributed by atoms with E-state index in [-0.39, 0.29) is 15.0 Å². The Kier molecular flexibility index (Phi) is 5.36. The number of tetrazole rings is 1. The standard InChI is InChI=1S/C11H5F3IN7O3/c12-11(13,14)25-8-2-6(15)1-7(22(23)24)9(8)17-4-5(3-16)10-18-20-21-19-10/h1-2,4,17H,(H,18,19,20,21). The van der Waals surface area contributed by atoms with Gasteiger partial charge in [0.05, 0.1) is 4.92 Å². The lowest BCUT2D eigenvalue weighted by molar-refractivity contribution is -0.384. The summed E-state index contributed by atoms with van der Waals surface area (Å²) in [6, 6.07) is 3.68. The highest BCUT2D eigenvalue weighted by Crippen LogP contribution is 2.39. The van der Waals surface area contributed by atoms with Crippen molar-refractivity contribution in [3.8, 4) is 11.8 Å². The van der Waals surface area contributed by atoms with Crippen LogP contribution in [-0.2, 0) is 0 Å². The van der Waals surface area contributed by atoms with Crippen LogP contribution in [0.15, 0.2) is 18.3 Å². The predicted octanol–water partition coefficient (Wildman–Crippen LogP) is 2.59. The maximum Gasteiger partial charge on any atom is 0.573 e. The molecule has 0 aliphatic rings. The van der Waals surface area contributed by atoms with E-state index in [1.165, 1.54) is 0 Å². The normalized spacial score (nSPS) is 11.7. The van der Waals surface area contributed by atoms with Crippen molar-refractivity contribution < 1.29 is 22.8 Å². The Labute approximate surface area is 149 Å². The van der Waals surface area contributed by atoms with Crippen molar-refractivity contribution in [2.45, 2.75) is 6.36 Å². The molecular weight excluding hydrogens is 462 g/mol. The molecular formula is C11H5F3IN7O3. The molecule has 2 aromatic rings. The zero-order valence-corrected chi connectivity index (χ0v) is 13.9. The predicted molar refractivity (Wildman–Crippen MR) is 83.9 cm³/mol. The first-order valence-electron chi connectivity index (χ1n) is 6.05. The van der Waals surface area contributed by atoms with Gasteiger partial charge in [0.25, 0.3) is 5.69 Å². The fraction of sp³-hybridized carbons (Fsp3) is 0.0909. The van der Waals surface area contributed by atoms with Crippen LogP contribution in [0.25, 0.3) is 5.57 Å². The van der Waals surface area contributed by atoms with E-state index in [1.54, 1.807) is 28.7 Å². The number of nitrogens with one attached hydrogen (secondary N) is 2. The van der Waals surface area contributed by atoms with Gasteiger partial charge >= 0.3 is 6.36 Å². The first kappa shape index (κ1) is 18.4. The molecule has 2 N–H and O–H groups in total. The maximum atomic E-state index is 12.6. The number of allylic oxidation sites excluding steroid dienone is 1. The summed E-state index contributed by atoms with van der Waals surface area (Å²) in [7, 11) is 0. The number of nitriles is 1. The number of benzene rings is 1. The van der Waals surface area contributed by atoms with E-state index in [0.29, 0.717) is 0 Å². The molecule has 0 spiro atoms. The average molecular weight is 467 g/mol. The molecule has 0 saturated carbocycles. The van der Waals surface area contributed by atoms with Crippen LogP contribution in [0.5, 0.6) is 5.75 Å².